The Morgan fingerprint density at radius 2 is 2.32 bits per heavy atom. The van der Waals surface area contributed by atoms with Gasteiger partial charge in [-0.15, -0.1) is 0 Å². The van der Waals surface area contributed by atoms with Gasteiger partial charge in [0, 0.05) is 31.9 Å². The third kappa shape index (κ3) is 3.87. The summed E-state index contributed by atoms with van der Waals surface area (Å²) >= 11 is 0. The van der Waals surface area contributed by atoms with Crippen LogP contribution in [0.25, 0.3) is 0 Å². The van der Waals surface area contributed by atoms with Crippen LogP contribution in [0.5, 0.6) is 0 Å². The molecule has 1 unspecified atom stereocenters. The Hall–Kier alpha value is -1.22. The average molecular weight is 287 g/mol. The van der Waals surface area contributed by atoms with Crippen LogP contribution in [0, 0.1) is 0 Å². The fourth-order valence-electron chi connectivity index (χ4n) is 1.84. The lowest BCUT2D eigenvalue weighted by Gasteiger charge is -2.30. The van der Waals surface area contributed by atoms with Gasteiger partial charge in [0.1, 0.15) is 0 Å². The van der Waals surface area contributed by atoms with Gasteiger partial charge in [0.15, 0.2) is 0 Å². The molecule has 1 aliphatic heterocycles. The van der Waals surface area contributed by atoms with E-state index >= 15 is 0 Å². The fraction of sp³-hybridized carbons (Fsp3) is 0.545. The van der Waals surface area contributed by atoms with Crippen LogP contribution in [0.3, 0.4) is 0 Å². The normalized spacial score (nSPS) is 21.4. The fourth-order valence-corrected chi connectivity index (χ4v) is 2.87. The summed E-state index contributed by atoms with van der Waals surface area (Å²) in [5, 5.41) is 0. The molecule has 2 rings (SSSR count). The molecule has 8 heteroatoms. The predicted octanol–water partition coefficient (Wildman–Crippen LogP) is -1.02. The molecule has 0 aromatic carbocycles. The Labute approximate surface area is 111 Å². The Morgan fingerprint density at radius 1 is 1.53 bits per heavy atom. The lowest BCUT2D eigenvalue weighted by Crippen LogP contribution is -2.45. The van der Waals surface area contributed by atoms with Crippen molar-refractivity contribution in [2.45, 2.75) is 11.0 Å². The monoisotopic (exact) mass is 287 g/mol. The second kappa shape index (κ2) is 5.83. The number of hydrogen-bond donors (Lipinski definition) is 2. The van der Waals surface area contributed by atoms with Crippen molar-refractivity contribution >= 4 is 10.0 Å². The summed E-state index contributed by atoms with van der Waals surface area (Å²) in [5.74, 6) is 0. The van der Waals surface area contributed by atoms with Crippen LogP contribution >= 0.6 is 0 Å². The van der Waals surface area contributed by atoms with Gasteiger partial charge >= 0.3 is 0 Å². The second-order valence-electron chi connectivity index (χ2n) is 4.50. The van der Waals surface area contributed by atoms with Crippen LogP contribution < -0.4 is 10.3 Å². The number of sulfonamides is 1. The summed E-state index contributed by atoms with van der Waals surface area (Å²) in [7, 11) is -1.65. The van der Waals surface area contributed by atoms with Gasteiger partial charge in [0.05, 0.1) is 17.6 Å². The highest BCUT2D eigenvalue weighted by Gasteiger charge is 2.21. The summed E-state index contributed by atoms with van der Waals surface area (Å²) in [5.41, 5.74) is -0.337. The highest BCUT2D eigenvalue weighted by Crippen LogP contribution is 2.06. The molecule has 1 aliphatic rings. The number of likely N-dealkylation sites (N-methyl/N-ethyl adjacent to an activating group) is 1. The van der Waals surface area contributed by atoms with Crippen LogP contribution in [0.1, 0.15) is 0 Å². The number of nitrogens with one attached hydrogen (secondary N) is 2. The highest BCUT2D eigenvalue weighted by molar-refractivity contribution is 7.89. The van der Waals surface area contributed by atoms with Gasteiger partial charge in [0.25, 0.3) is 0 Å². The average Bonchev–Trinajstić information content (AvgIpc) is 2.37. The van der Waals surface area contributed by atoms with Crippen LogP contribution in [0.4, 0.5) is 0 Å². The molecule has 0 spiro atoms. The van der Waals surface area contributed by atoms with E-state index in [9.17, 15) is 13.2 Å². The number of pyridine rings is 1. The first-order valence-electron chi connectivity index (χ1n) is 5.96. The molecular weight excluding hydrogens is 270 g/mol. The predicted molar refractivity (Wildman–Crippen MR) is 69.5 cm³/mol. The number of morpholine rings is 1. The van der Waals surface area contributed by atoms with Crippen LogP contribution in [-0.4, -0.2) is 57.7 Å². The highest BCUT2D eigenvalue weighted by atomic mass is 32.2. The van der Waals surface area contributed by atoms with Crippen molar-refractivity contribution in [3.63, 3.8) is 0 Å². The lowest BCUT2D eigenvalue weighted by molar-refractivity contribution is -0.0156. The summed E-state index contributed by atoms with van der Waals surface area (Å²) in [6.45, 7) is 2.35. The maximum Gasteiger partial charge on any atom is 0.247 e. The van der Waals surface area contributed by atoms with Crippen molar-refractivity contribution < 1.29 is 13.2 Å². The number of aromatic amines is 1. The van der Waals surface area contributed by atoms with Crippen molar-refractivity contribution in [2.75, 3.05) is 33.3 Å². The third-order valence-electron chi connectivity index (χ3n) is 2.91. The van der Waals surface area contributed by atoms with Gasteiger partial charge in [-0.05, 0) is 13.1 Å². The summed E-state index contributed by atoms with van der Waals surface area (Å²) < 4.78 is 31.9. The molecule has 0 radical (unpaired) electrons. The van der Waals surface area contributed by atoms with E-state index in [4.69, 9.17) is 4.74 Å². The van der Waals surface area contributed by atoms with Crippen molar-refractivity contribution in [3.8, 4) is 0 Å². The largest absolute Gasteiger partial charge is 0.374 e. The van der Waals surface area contributed by atoms with Crippen LogP contribution in [0.2, 0.25) is 0 Å². The second-order valence-corrected chi connectivity index (χ2v) is 6.26. The van der Waals surface area contributed by atoms with Gasteiger partial charge in [-0.2, -0.15) is 0 Å². The number of nitrogens with zero attached hydrogens (tertiary/aromatic N) is 1. The molecule has 1 aromatic rings. The van der Waals surface area contributed by atoms with E-state index in [0.717, 1.165) is 6.54 Å². The molecule has 0 aliphatic carbocycles. The smallest absolute Gasteiger partial charge is 0.247 e. The first kappa shape index (κ1) is 14.2. The van der Waals surface area contributed by atoms with Crippen molar-refractivity contribution in [1.29, 1.82) is 0 Å². The minimum atomic E-state index is -3.61. The molecule has 1 saturated heterocycles. The molecule has 1 aromatic heterocycles. The standard InChI is InChI=1S/C11H17N3O4S/c1-14-4-5-18-9(8-14)6-13-19(16,17)10-2-3-11(15)12-7-10/h2-3,7,9,13H,4-6,8H2,1H3,(H,12,15). The zero-order chi connectivity index (χ0) is 13.9. The van der Waals surface area contributed by atoms with E-state index in [1.54, 1.807) is 0 Å². The minimum absolute atomic E-state index is 0.0382. The van der Waals surface area contributed by atoms with Gasteiger partial charge in [-0.3, -0.25) is 4.79 Å². The topological polar surface area (TPSA) is 91.5 Å². The van der Waals surface area contributed by atoms with Gasteiger partial charge in [-0.1, -0.05) is 0 Å². The molecule has 19 heavy (non-hydrogen) atoms. The Morgan fingerprint density at radius 3 is 2.95 bits per heavy atom. The van der Waals surface area contributed by atoms with Crippen molar-refractivity contribution in [2.24, 2.45) is 0 Å². The van der Waals surface area contributed by atoms with Crippen molar-refractivity contribution in [1.82, 2.24) is 14.6 Å². The number of ether oxygens (including phenoxy) is 1. The van der Waals surface area contributed by atoms with E-state index in [1.807, 2.05) is 7.05 Å². The maximum atomic E-state index is 12.0. The number of rotatable bonds is 4. The molecular formula is C11H17N3O4S. The molecule has 2 heterocycles. The Balaban J connectivity index is 1.97. The molecule has 7 nitrogen and oxygen atoms in total. The summed E-state index contributed by atoms with van der Waals surface area (Å²) in [6.07, 6.45) is 1.02. The van der Waals surface area contributed by atoms with E-state index in [-0.39, 0.29) is 23.1 Å². The molecule has 1 atom stereocenters. The molecule has 0 saturated carbocycles. The van der Waals surface area contributed by atoms with E-state index in [2.05, 4.69) is 14.6 Å². The Bertz CT molecular complexity index is 563. The van der Waals surface area contributed by atoms with Gasteiger partial charge < -0.3 is 14.6 Å². The van der Waals surface area contributed by atoms with Gasteiger partial charge in [0.2, 0.25) is 15.6 Å². The molecule has 1 fully saturated rings. The first-order valence-corrected chi connectivity index (χ1v) is 7.44. The molecule has 0 amide bonds. The van der Waals surface area contributed by atoms with Crippen LogP contribution in [0.15, 0.2) is 28.0 Å². The summed E-state index contributed by atoms with van der Waals surface area (Å²) in [4.78, 5) is 15.4. The maximum absolute atomic E-state index is 12.0. The zero-order valence-electron chi connectivity index (χ0n) is 10.6. The molecule has 106 valence electrons. The summed E-state index contributed by atoms with van der Waals surface area (Å²) in [6, 6.07) is 2.45. The number of aromatic nitrogens is 1. The number of H-pyrrole nitrogens is 1. The minimum Gasteiger partial charge on any atom is -0.374 e. The SMILES string of the molecule is CN1CCOC(CNS(=O)(=O)c2ccc(=O)[nH]c2)C1. The van der Waals surface area contributed by atoms with Crippen LogP contribution in [-0.2, 0) is 14.8 Å². The molecule has 2 N–H and O–H groups in total. The molecule has 0 bridgehead atoms. The van der Waals surface area contributed by atoms with Gasteiger partial charge in [-0.25, -0.2) is 13.1 Å². The third-order valence-corrected chi connectivity index (χ3v) is 4.33. The Kier molecular flexibility index (Phi) is 4.35. The van der Waals surface area contributed by atoms with E-state index in [0.29, 0.717) is 13.2 Å². The number of hydrogen-bond acceptors (Lipinski definition) is 5. The quantitative estimate of drug-likeness (QED) is 0.740. The zero-order valence-corrected chi connectivity index (χ0v) is 11.4. The van der Waals surface area contributed by atoms with E-state index in [1.165, 1.54) is 18.3 Å². The lowest BCUT2D eigenvalue weighted by atomic mass is 10.3. The van der Waals surface area contributed by atoms with E-state index < -0.39 is 10.0 Å². The van der Waals surface area contributed by atoms with Crippen molar-refractivity contribution in [3.05, 3.63) is 28.7 Å². The first-order chi connectivity index (χ1) is 8.97.